The van der Waals surface area contributed by atoms with Crippen molar-refractivity contribution in [1.82, 2.24) is 4.90 Å². The van der Waals surface area contributed by atoms with Gasteiger partial charge in [0, 0.05) is 47.5 Å². The Kier molecular flexibility index (Phi) is 7.45. The van der Waals surface area contributed by atoms with E-state index in [-0.39, 0.29) is 11.8 Å². The second-order valence-corrected chi connectivity index (χ2v) is 8.08. The molecule has 1 aliphatic rings. The van der Waals surface area contributed by atoms with E-state index in [1.54, 1.807) is 4.90 Å². The summed E-state index contributed by atoms with van der Waals surface area (Å²) < 4.78 is 0.937. The predicted molar refractivity (Wildman–Crippen MR) is 122 cm³/mol. The minimum absolute atomic E-state index is 0.0521. The summed E-state index contributed by atoms with van der Waals surface area (Å²) in [5, 5.41) is 0. The van der Waals surface area contributed by atoms with Crippen LogP contribution in [0.15, 0.2) is 53.0 Å². The Hall–Kier alpha value is -2.18. The van der Waals surface area contributed by atoms with Gasteiger partial charge in [0.2, 0.25) is 5.91 Å². The van der Waals surface area contributed by atoms with Crippen LogP contribution in [0.4, 0.5) is 11.4 Å². The van der Waals surface area contributed by atoms with Gasteiger partial charge in [-0.2, -0.15) is 0 Å². The lowest BCUT2D eigenvalue weighted by Crippen LogP contribution is -2.39. The highest BCUT2D eigenvalue weighted by atomic mass is 79.9. The second-order valence-electron chi connectivity index (χ2n) is 7.16. The molecule has 1 heterocycles. The monoisotopic (exact) mass is 457 g/mol. The first-order valence-corrected chi connectivity index (χ1v) is 11.0. The summed E-state index contributed by atoms with van der Waals surface area (Å²) in [6.45, 7) is 8.27. The van der Waals surface area contributed by atoms with Crippen LogP contribution in [0.25, 0.3) is 0 Å². The number of anilines is 2. The number of carbonyl (C=O) groups is 2. The van der Waals surface area contributed by atoms with Crippen molar-refractivity contribution in [1.29, 1.82) is 0 Å². The molecule has 0 N–H and O–H groups in total. The molecule has 3 rings (SSSR count). The second kappa shape index (κ2) is 10.0. The van der Waals surface area contributed by atoms with Crippen molar-refractivity contribution in [2.24, 2.45) is 0 Å². The average molecular weight is 458 g/mol. The fourth-order valence-electron chi connectivity index (χ4n) is 3.66. The number of hydrogen-bond acceptors (Lipinski definition) is 3. The third kappa shape index (κ3) is 5.25. The van der Waals surface area contributed by atoms with E-state index in [0.717, 1.165) is 41.9 Å². The van der Waals surface area contributed by atoms with Gasteiger partial charge in [0.25, 0.3) is 5.91 Å². The SMILES string of the molecule is CCN(CC)CCN(C(=O)c1cccc(N2CCCC2=O)c1)c1cccc(Br)c1. The maximum atomic E-state index is 13.5. The van der Waals surface area contributed by atoms with Crippen molar-refractivity contribution in [3.8, 4) is 0 Å². The van der Waals surface area contributed by atoms with E-state index in [4.69, 9.17) is 0 Å². The lowest BCUT2D eigenvalue weighted by molar-refractivity contribution is -0.117. The molecule has 0 aromatic heterocycles. The summed E-state index contributed by atoms with van der Waals surface area (Å²) in [7, 11) is 0. The van der Waals surface area contributed by atoms with Gasteiger partial charge >= 0.3 is 0 Å². The third-order valence-corrected chi connectivity index (χ3v) is 5.87. The van der Waals surface area contributed by atoms with Crippen LogP contribution in [0.3, 0.4) is 0 Å². The van der Waals surface area contributed by atoms with Crippen molar-refractivity contribution in [3.63, 3.8) is 0 Å². The van der Waals surface area contributed by atoms with Gasteiger partial charge in [-0.3, -0.25) is 9.59 Å². The molecule has 0 atom stereocenters. The Morgan fingerprint density at radius 3 is 2.48 bits per heavy atom. The lowest BCUT2D eigenvalue weighted by Gasteiger charge is -2.27. The van der Waals surface area contributed by atoms with E-state index < -0.39 is 0 Å². The number of amides is 2. The first-order chi connectivity index (χ1) is 14.0. The van der Waals surface area contributed by atoms with Crippen molar-refractivity contribution >= 4 is 39.1 Å². The van der Waals surface area contributed by atoms with Crippen LogP contribution in [0.1, 0.15) is 37.0 Å². The van der Waals surface area contributed by atoms with Gasteiger partial charge in [-0.25, -0.2) is 0 Å². The van der Waals surface area contributed by atoms with Gasteiger partial charge in [-0.15, -0.1) is 0 Å². The molecule has 2 aromatic rings. The van der Waals surface area contributed by atoms with Gasteiger partial charge < -0.3 is 14.7 Å². The van der Waals surface area contributed by atoms with Gasteiger partial charge in [0.15, 0.2) is 0 Å². The van der Waals surface area contributed by atoms with Crippen molar-refractivity contribution in [3.05, 3.63) is 58.6 Å². The summed E-state index contributed by atoms with van der Waals surface area (Å²) in [5.74, 6) is 0.0729. The Labute approximate surface area is 181 Å². The Balaban J connectivity index is 1.88. The van der Waals surface area contributed by atoms with E-state index in [1.807, 2.05) is 53.4 Å². The third-order valence-electron chi connectivity index (χ3n) is 5.38. The molecule has 29 heavy (non-hydrogen) atoms. The number of hydrogen-bond donors (Lipinski definition) is 0. The van der Waals surface area contributed by atoms with E-state index in [2.05, 4.69) is 34.7 Å². The van der Waals surface area contributed by atoms with Crippen LogP contribution in [-0.4, -0.2) is 49.4 Å². The quantitative estimate of drug-likeness (QED) is 0.583. The van der Waals surface area contributed by atoms with Gasteiger partial charge in [0.1, 0.15) is 0 Å². The first kappa shape index (κ1) is 21.5. The van der Waals surface area contributed by atoms with Crippen molar-refractivity contribution < 1.29 is 9.59 Å². The van der Waals surface area contributed by atoms with Crippen LogP contribution in [0, 0.1) is 0 Å². The molecule has 0 spiro atoms. The molecule has 2 aromatic carbocycles. The van der Waals surface area contributed by atoms with E-state index >= 15 is 0 Å². The molecular weight excluding hydrogens is 430 g/mol. The molecule has 0 bridgehead atoms. The van der Waals surface area contributed by atoms with Crippen LogP contribution >= 0.6 is 15.9 Å². The van der Waals surface area contributed by atoms with Crippen LogP contribution in [-0.2, 0) is 4.79 Å². The normalized spacial score (nSPS) is 13.9. The number of carbonyl (C=O) groups excluding carboxylic acids is 2. The van der Waals surface area contributed by atoms with E-state index in [1.165, 1.54) is 0 Å². The Morgan fingerprint density at radius 2 is 1.83 bits per heavy atom. The fourth-order valence-corrected chi connectivity index (χ4v) is 4.04. The molecule has 0 radical (unpaired) electrons. The molecule has 5 nitrogen and oxygen atoms in total. The minimum atomic E-state index is -0.0521. The van der Waals surface area contributed by atoms with Crippen LogP contribution in [0.5, 0.6) is 0 Å². The van der Waals surface area contributed by atoms with Crippen LogP contribution < -0.4 is 9.80 Å². The zero-order chi connectivity index (χ0) is 20.8. The topological polar surface area (TPSA) is 43.9 Å². The zero-order valence-corrected chi connectivity index (χ0v) is 18.7. The average Bonchev–Trinajstić information content (AvgIpc) is 3.17. The van der Waals surface area contributed by atoms with Crippen molar-refractivity contribution in [2.45, 2.75) is 26.7 Å². The maximum Gasteiger partial charge on any atom is 0.258 e. The molecule has 0 saturated carbocycles. The van der Waals surface area contributed by atoms with Gasteiger partial charge in [-0.1, -0.05) is 41.9 Å². The highest BCUT2D eigenvalue weighted by molar-refractivity contribution is 9.10. The highest BCUT2D eigenvalue weighted by Gasteiger charge is 2.24. The fraction of sp³-hybridized carbons (Fsp3) is 0.391. The Morgan fingerprint density at radius 1 is 1.07 bits per heavy atom. The molecular formula is C23H28BrN3O2. The molecule has 2 amide bonds. The summed E-state index contributed by atoms with van der Waals surface area (Å²) >= 11 is 3.51. The predicted octanol–water partition coefficient (Wildman–Crippen LogP) is 4.56. The number of rotatable bonds is 8. The largest absolute Gasteiger partial charge is 0.312 e. The summed E-state index contributed by atoms with van der Waals surface area (Å²) in [6, 6.07) is 15.2. The molecule has 0 aliphatic carbocycles. The van der Waals surface area contributed by atoms with E-state index in [9.17, 15) is 9.59 Å². The summed E-state index contributed by atoms with van der Waals surface area (Å²) in [4.78, 5) is 31.5. The van der Waals surface area contributed by atoms with Crippen LogP contribution in [0.2, 0.25) is 0 Å². The molecule has 1 fully saturated rings. The lowest BCUT2D eigenvalue weighted by atomic mass is 10.1. The van der Waals surface area contributed by atoms with Crippen molar-refractivity contribution in [2.75, 3.05) is 42.5 Å². The smallest absolute Gasteiger partial charge is 0.258 e. The number of likely N-dealkylation sites (N-methyl/N-ethyl adjacent to an activating group) is 1. The maximum absolute atomic E-state index is 13.5. The molecule has 6 heteroatoms. The minimum Gasteiger partial charge on any atom is -0.312 e. The summed E-state index contributed by atoms with van der Waals surface area (Å²) in [5.41, 5.74) is 2.26. The number of nitrogens with zero attached hydrogens (tertiary/aromatic N) is 3. The Bertz CT molecular complexity index is 867. The summed E-state index contributed by atoms with van der Waals surface area (Å²) in [6.07, 6.45) is 1.44. The number of benzene rings is 2. The zero-order valence-electron chi connectivity index (χ0n) is 17.1. The van der Waals surface area contributed by atoms with Gasteiger partial charge in [0.05, 0.1) is 0 Å². The van der Waals surface area contributed by atoms with E-state index in [0.29, 0.717) is 25.1 Å². The number of halogens is 1. The first-order valence-electron chi connectivity index (χ1n) is 10.2. The molecule has 1 aliphatic heterocycles. The molecule has 154 valence electrons. The van der Waals surface area contributed by atoms with Gasteiger partial charge in [-0.05, 0) is 55.9 Å². The molecule has 0 unspecified atom stereocenters. The highest BCUT2D eigenvalue weighted by Crippen LogP contribution is 2.25. The molecule has 1 saturated heterocycles. The standard InChI is InChI=1S/C23H28BrN3O2/c1-3-25(4-2)14-15-27(21-11-6-9-19(24)17-21)23(29)18-8-5-10-20(16-18)26-13-7-12-22(26)28/h5-6,8-11,16-17H,3-4,7,12-15H2,1-2H3.